The Labute approximate surface area is 120 Å². The Bertz CT molecular complexity index is 649. The molecular weight excluding hydrogens is 277 g/mol. The Balaban J connectivity index is 2.16. The average molecular weight is 291 g/mol. The Morgan fingerprint density at radius 2 is 2.19 bits per heavy atom. The molecule has 1 heterocycles. The summed E-state index contributed by atoms with van der Waals surface area (Å²) in [6.07, 6.45) is 2.15. The van der Waals surface area contributed by atoms with Gasteiger partial charge in [0.05, 0.1) is 17.9 Å². The predicted molar refractivity (Wildman–Crippen MR) is 74.5 cm³/mol. The van der Waals surface area contributed by atoms with E-state index in [4.69, 9.17) is 9.84 Å². The molecule has 7 heteroatoms. The minimum Gasteiger partial charge on any atom is -0.478 e. The summed E-state index contributed by atoms with van der Waals surface area (Å²) in [5, 5.41) is 11.5. The summed E-state index contributed by atoms with van der Waals surface area (Å²) >= 11 is 0. The van der Waals surface area contributed by atoms with Gasteiger partial charge in [-0.05, 0) is 24.6 Å². The summed E-state index contributed by atoms with van der Waals surface area (Å²) in [4.78, 5) is 18.6. The number of benzene rings is 1. The molecule has 110 valence electrons. The molecule has 0 aliphatic rings. The van der Waals surface area contributed by atoms with Crippen LogP contribution < -0.4 is 10.1 Å². The van der Waals surface area contributed by atoms with Gasteiger partial charge in [0, 0.05) is 6.07 Å². The molecule has 0 spiro atoms. The van der Waals surface area contributed by atoms with Gasteiger partial charge in [0.25, 0.3) is 0 Å². The van der Waals surface area contributed by atoms with Crippen LogP contribution in [-0.2, 0) is 0 Å². The number of carbonyl (C=O) groups is 1. The lowest BCUT2D eigenvalue weighted by Crippen LogP contribution is -2.02. The minimum absolute atomic E-state index is 0.118. The van der Waals surface area contributed by atoms with E-state index in [1.807, 2.05) is 6.92 Å². The van der Waals surface area contributed by atoms with E-state index in [1.165, 1.54) is 18.5 Å². The van der Waals surface area contributed by atoms with Crippen LogP contribution in [0.25, 0.3) is 0 Å². The van der Waals surface area contributed by atoms with Gasteiger partial charge < -0.3 is 15.2 Å². The molecule has 0 atom stereocenters. The van der Waals surface area contributed by atoms with Crippen LogP contribution in [0.3, 0.4) is 0 Å². The molecule has 2 N–H and O–H groups in total. The second kappa shape index (κ2) is 6.65. The van der Waals surface area contributed by atoms with Gasteiger partial charge >= 0.3 is 5.97 Å². The third kappa shape index (κ3) is 3.88. The van der Waals surface area contributed by atoms with Crippen molar-refractivity contribution in [2.45, 2.75) is 13.3 Å². The van der Waals surface area contributed by atoms with Gasteiger partial charge in [0.1, 0.15) is 18.0 Å². The first-order valence-electron chi connectivity index (χ1n) is 6.35. The van der Waals surface area contributed by atoms with Crippen LogP contribution in [0.5, 0.6) is 5.88 Å². The first-order valence-corrected chi connectivity index (χ1v) is 6.35. The second-order valence-electron chi connectivity index (χ2n) is 4.21. The second-order valence-corrected chi connectivity index (χ2v) is 4.21. The van der Waals surface area contributed by atoms with E-state index in [9.17, 15) is 9.18 Å². The smallest absolute Gasteiger partial charge is 0.335 e. The van der Waals surface area contributed by atoms with E-state index in [1.54, 1.807) is 6.07 Å². The third-order valence-electron chi connectivity index (χ3n) is 2.57. The zero-order chi connectivity index (χ0) is 15.2. The van der Waals surface area contributed by atoms with Crippen molar-refractivity contribution in [1.29, 1.82) is 0 Å². The largest absolute Gasteiger partial charge is 0.478 e. The molecule has 0 aliphatic heterocycles. The van der Waals surface area contributed by atoms with Crippen LogP contribution in [-0.4, -0.2) is 27.7 Å². The summed E-state index contributed by atoms with van der Waals surface area (Å²) in [5.41, 5.74) is 0.00727. The number of nitrogens with zero attached hydrogens (tertiary/aromatic N) is 2. The van der Waals surface area contributed by atoms with Gasteiger partial charge in [-0.15, -0.1) is 0 Å². The highest BCUT2D eigenvalue weighted by molar-refractivity contribution is 5.88. The fourth-order valence-corrected chi connectivity index (χ4v) is 1.58. The van der Waals surface area contributed by atoms with Crippen molar-refractivity contribution in [2.75, 3.05) is 11.9 Å². The van der Waals surface area contributed by atoms with Gasteiger partial charge in [-0.1, -0.05) is 6.92 Å². The Kier molecular flexibility index (Phi) is 4.65. The lowest BCUT2D eigenvalue weighted by atomic mass is 10.2. The normalized spacial score (nSPS) is 10.2. The molecule has 2 aromatic rings. The number of nitrogens with one attached hydrogen (secondary N) is 1. The standard InChI is InChI=1S/C14H14FN3O3/c1-2-5-21-13-7-12(16-8-17-13)18-11-4-3-9(14(19)20)6-10(11)15/h3-4,6-8H,2,5H2,1H3,(H,19,20)(H,16,17,18). The van der Waals surface area contributed by atoms with E-state index < -0.39 is 11.8 Å². The highest BCUT2D eigenvalue weighted by Gasteiger charge is 2.09. The number of carboxylic acids is 1. The highest BCUT2D eigenvalue weighted by atomic mass is 19.1. The molecule has 1 aromatic heterocycles. The fraction of sp³-hybridized carbons (Fsp3) is 0.214. The lowest BCUT2D eigenvalue weighted by Gasteiger charge is -2.09. The highest BCUT2D eigenvalue weighted by Crippen LogP contribution is 2.21. The van der Waals surface area contributed by atoms with Crippen molar-refractivity contribution in [3.63, 3.8) is 0 Å². The van der Waals surface area contributed by atoms with Crippen LogP contribution in [0.15, 0.2) is 30.6 Å². The number of halogens is 1. The maximum absolute atomic E-state index is 13.8. The molecule has 21 heavy (non-hydrogen) atoms. The summed E-state index contributed by atoms with van der Waals surface area (Å²) in [5.74, 6) is -1.11. The maximum atomic E-state index is 13.8. The van der Waals surface area contributed by atoms with E-state index >= 15 is 0 Å². The molecule has 0 saturated carbocycles. The number of aromatic carboxylic acids is 1. The number of rotatable bonds is 6. The number of aromatic nitrogens is 2. The quantitative estimate of drug-likeness (QED) is 0.851. The van der Waals surface area contributed by atoms with Gasteiger partial charge in [-0.2, -0.15) is 0 Å². The van der Waals surface area contributed by atoms with E-state index in [2.05, 4.69) is 15.3 Å². The first kappa shape index (κ1) is 14.7. The Hall–Kier alpha value is -2.70. The minimum atomic E-state index is -1.18. The summed E-state index contributed by atoms with van der Waals surface area (Å²) in [6, 6.07) is 5.14. The number of carboxylic acid groups (broad SMARTS) is 1. The third-order valence-corrected chi connectivity index (χ3v) is 2.57. The molecule has 6 nitrogen and oxygen atoms in total. The molecule has 0 fully saturated rings. The van der Waals surface area contributed by atoms with E-state index in [-0.39, 0.29) is 11.3 Å². The van der Waals surface area contributed by atoms with Crippen LogP contribution >= 0.6 is 0 Å². The van der Waals surface area contributed by atoms with E-state index in [0.717, 1.165) is 12.5 Å². The Morgan fingerprint density at radius 1 is 1.38 bits per heavy atom. The monoisotopic (exact) mass is 291 g/mol. The van der Waals surface area contributed by atoms with Crippen molar-refractivity contribution in [1.82, 2.24) is 9.97 Å². The van der Waals surface area contributed by atoms with Gasteiger partial charge in [-0.3, -0.25) is 0 Å². The molecular formula is C14H14FN3O3. The Morgan fingerprint density at radius 3 is 2.86 bits per heavy atom. The number of hydrogen-bond acceptors (Lipinski definition) is 5. The molecule has 0 saturated heterocycles. The van der Waals surface area contributed by atoms with E-state index in [0.29, 0.717) is 18.3 Å². The molecule has 0 aliphatic carbocycles. The maximum Gasteiger partial charge on any atom is 0.335 e. The molecule has 0 unspecified atom stereocenters. The average Bonchev–Trinajstić information content (AvgIpc) is 2.47. The zero-order valence-electron chi connectivity index (χ0n) is 11.3. The first-order chi connectivity index (χ1) is 10.1. The fourth-order valence-electron chi connectivity index (χ4n) is 1.58. The molecule has 2 rings (SSSR count). The van der Waals surface area contributed by atoms with Crippen molar-refractivity contribution in [2.24, 2.45) is 0 Å². The van der Waals surface area contributed by atoms with Crippen molar-refractivity contribution >= 4 is 17.5 Å². The van der Waals surface area contributed by atoms with Crippen LogP contribution in [0.4, 0.5) is 15.9 Å². The molecule has 0 radical (unpaired) electrons. The molecule has 0 bridgehead atoms. The van der Waals surface area contributed by atoms with Gasteiger partial charge in [-0.25, -0.2) is 19.2 Å². The molecule has 0 amide bonds. The number of anilines is 2. The summed E-state index contributed by atoms with van der Waals surface area (Å²) in [7, 11) is 0. The summed E-state index contributed by atoms with van der Waals surface area (Å²) < 4.78 is 19.2. The van der Waals surface area contributed by atoms with Gasteiger partial charge in [0.2, 0.25) is 5.88 Å². The van der Waals surface area contributed by atoms with Crippen LogP contribution in [0.2, 0.25) is 0 Å². The van der Waals surface area contributed by atoms with Crippen LogP contribution in [0, 0.1) is 5.82 Å². The predicted octanol–water partition coefficient (Wildman–Crippen LogP) is 2.85. The SMILES string of the molecule is CCCOc1cc(Nc2ccc(C(=O)O)cc2F)ncn1. The van der Waals surface area contributed by atoms with Crippen LogP contribution in [0.1, 0.15) is 23.7 Å². The number of hydrogen-bond donors (Lipinski definition) is 2. The molecule has 1 aromatic carbocycles. The van der Waals surface area contributed by atoms with Crippen molar-refractivity contribution in [3.05, 3.63) is 42.0 Å². The summed E-state index contributed by atoms with van der Waals surface area (Å²) in [6.45, 7) is 2.50. The van der Waals surface area contributed by atoms with Crippen molar-refractivity contribution in [3.8, 4) is 5.88 Å². The van der Waals surface area contributed by atoms with Crippen molar-refractivity contribution < 1.29 is 19.0 Å². The van der Waals surface area contributed by atoms with Gasteiger partial charge in [0.15, 0.2) is 0 Å². The number of ether oxygens (including phenoxy) is 1. The zero-order valence-corrected chi connectivity index (χ0v) is 11.3. The topological polar surface area (TPSA) is 84.3 Å². The lowest BCUT2D eigenvalue weighted by molar-refractivity contribution is 0.0696.